The van der Waals surface area contributed by atoms with E-state index >= 15 is 0 Å². The monoisotopic (exact) mass is 318 g/mol. The van der Waals surface area contributed by atoms with Crippen LogP contribution in [0.25, 0.3) is 0 Å². The summed E-state index contributed by atoms with van der Waals surface area (Å²) in [7, 11) is 3.92. The molecule has 124 valence electrons. The van der Waals surface area contributed by atoms with Gasteiger partial charge in [0, 0.05) is 26.1 Å². The Labute approximate surface area is 136 Å². The Kier molecular flexibility index (Phi) is 5.93. The highest BCUT2D eigenvalue weighted by atomic mass is 19.1. The quantitative estimate of drug-likeness (QED) is 0.787. The van der Waals surface area contributed by atoms with Gasteiger partial charge < -0.3 is 14.2 Å². The minimum absolute atomic E-state index is 0.143. The SMILES string of the molecule is CCc1ccc(C(=O)N(CCN(C)C)Cc2ccc(F)cc2)o1. The van der Waals surface area contributed by atoms with Gasteiger partial charge in [-0.3, -0.25) is 4.79 Å². The zero-order valence-electron chi connectivity index (χ0n) is 13.9. The standard InChI is InChI=1S/C18H23FN2O2/c1-4-16-9-10-17(23-16)18(22)21(12-11-20(2)3)13-14-5-7-15(19)8-6-14/h5-10H,4,11-13H2,1-3H3. The predicted molar refractivity (Wildman–Crippen MR) is 87.8 cm³/mol. The van der Waals surface area contributed by atoms with Gasteiger partial charge in [-0.15, -0.1) is 0 Å². The van der Waals surface area contributed by atoms with E-state index in [0.717, 1.165) is 24.3 Å². The molecule has 2 aromatic rings. The number of nitrogens with zero attached hydrogens (tertiary/aromatic N) is 2. The lowest BCUT2D eigenvalue weighted by Crippen LogP contribution is -2.36. The summed E-state index contributed by atoms with van der Waals surface area (Å²) in [5.41, 5.74) is 0.890. The van der Waals surface area contributed by atoms with Crippen molar-refractivity contribution in [2.45, 2.75) is 19.9 Å². The summed E-state index contributed by atoms with van der Waals surface area (Å²) in [4.78, 5) is 16.4. The summed E-state index contributed by atoms with van der Waals surface area (Å²) in [6, 6.07) is 9.76. The van der Waals surface area contributed by atoms with Crippen LogP contribution in [0.4, 0.5) is 4.39 Å². The number of carbonyl (C=O) groups excluding carboxylic acids is 1. The molecule has 0 saturated heterocycles. The zero-order valence-corrected chi connectivity index (χ0v) is 13.9. The molecular weight excluding hydrogens is 295 g/mol. The van der Waals surface area contributed by atoms with Crippen LogP contribution in [0.2, 0.25) is 0 Å². The molecule has 0 bridgehead atoms. The van der Waals surface area contributed by atoms with Gasteiger partial charge in [0.15, 0.2) is 5.76 Å². The highest BCUT2D eigenvalue weighted by Gasteiger charge is 2.19. The summed E-state index contributed by atoms with van der Waals surface area (Å²) in [5, 5.41) is 0. The van der Waals surface area contributed by atoms with Crippen LogP contribution in [0.3, 0.4) is 0 Å². The summed E-state index contributed by atoms with van der Waals surface area (Å²) >= 11 is 0. The van der Waals surface area contributed by atoms with Gasteiger partial charge in [0.05, 0.1) is 0 Å². The first kappa shape index (κ1) is 17.2. The third kappa shape index (κ3) is 4.93. The normalized spacial score (nSPS) is 11.0. The van der Waals surface area contributed by atoms with Gasteiger partial charge >= 0.3 is 0 Å². The fourth-order valence-electron chi connectivity index (χ4n) is 2.22. The Morgan fingerprint density at radius 2 is 1.78 bits per heavy atom. The molecule has 0 unspecified atom stereocenters. The number of hydrogen-bond donors (Lipinski definition) is 0. The van der Waals surface area contributed by atoms with Crippen LogP contribution in [0.15, 0.2) is 40.8 Å². The Balaban J connectivity index is 2.15. The van der Waals surface area contributed by atoms with Crippen molar-refractivity contribution in [3.05, 3.63) is 59.3 Å². The minimum atomic E-state index is -0.279. The van der Waals surface area contributed by atoms with E-state index in [2.05, 4.69) is 0 Å². The molecular formula is C18H23FN2O2. The molecule has 2 rings (SSSR count). The number of likely N-dealkylation sites (N-methyl/N-ethyl adjacent to an activating group) is 1. The number of carbonyl (C=O) groups is 1. The van der Waals surface area contributed by atoms with E-state index in [1.54, 1.807) is 23.1 Å². The molecule has 1 amide bonds. The average molecular weight is 318 g/mol. The molecule has 1 aromatic carbocycles. The van der Waals surface area contributed by atoms with Crippen LogP contribution in [-0.2, 0) is 13.0 Å². The molecule has 5 heteroatoms. The van der Waals surface area contributed by atoms with E-state index in [9.17, 15) is 9.18 Å². The van der Waals surface area contributed by atoms with Crippen LogP contribution in [0.1, 0.15) is 28.8 Å². The highest BCUT2D eigenvalue weighted by Crippen LogP contribution is 2.14. The first-order valence-electron chi connectivity index (χ1n) is 7.76. The fraction of sp³-hybridized carbons (Fsp3) is 0.389. The predicted octanol–water partition coefficient (Wildman–Crippen LogP) is 3.19. The zero-order chi connectivity index (χ0) is 16.8. The number of benzene rings is 1. The molecule has 1 heterocycles. The first-order chi connectivity index (χ1) is 11.0. The molecule has 0 fully saturated rings. The second-order valence-corrected chi connectivity index (χ2v) is 5.78. The number of hydrogen-bond acceptors (Lipinski definition) is 3. The first-order valence-corrected chi connectivity index (χ1v) is 7.76. The largest absolute Gasteiger partial charge is 0.456 e. The van der Waals surface area contributed by atoms with Crippen LogP contribution in [-0.4, -0.2) is 42.9 Å². The van der Waals surface area contributed by atoms with Gasteiger partial charge in [0.1, 0.15) is 11.6 Å². The molecule has 1 aromatic heterocycles. The van der Waals surface area contributed by atoms with Gasteiger partial charge in [-0.2, -0.15) is 0 Å². The maximum Gasteiger partial charge on any atom is 0.289 e. The van der Waals surface area contributed by atoms with Crippen molar-refractivity contribution in [2.75, 3.05) is 27.2 Å². The minimum Gasteiger partial charge on any atom is -0.456 e. The van der Waals surface area contributed by atoms with Crippen LogP contribution >= 0.6 is 0 Å². The van der Waals surface area contributed by atoms with Crippen LogP contribution in [0, 0.1) is 5.82 Å². The molecule has 0 aliphatic rings. The molecule has 0 aliphatic heterocycles. The number of rotatable bonds is 7. The second kappa shape index (κ2) is 7.92. The molecule has 0 aliphatic carbocycles. The van der Waals surface area contributed by atoms with Gasteiger partial charge in [-0.05, 0) is 43.9 Å². The number of aryl methyl sites for hydroxylation is 1. The lowest BCUT2D eigenvalue weighted by Gasteiger charge is -2.23. The lowest BCUT2D eigenvalue weighted by molar-refractivity contribution is 0.0698. The van der Waals surface area contributed by atoms with E-state index in [-0.39, 0.29) is 11.7 Å². The lowest BCUT2D eigenvalue weighted by atomic mass is 10.2. The summed E-state index contributed by atoms with van der Waals surface area (Å²) < 4.78 is 18.6. The topological polar surface area (TPSA) is 36.7 Å². The van der Waals surface area contributed by atoms with Gasteiger partial charge in [0.25, 0.3) is 5.91 Å². The van der Waals surface area contributed by atoms with Gasteiger partial charge in [0.2, 0.25) is 0 Å². The molecule has 0 spiro atoms. The van der Waals surface area contributed by atoms with E-state index in [4.69, 9.17) is 4.42 Å². The maximum atomic E-state index is 13.0. The molecule has 0 atom stereocenters. The van der Waals surface area contributed by atoms with Crippen molar-refractivity contribution >= 4 is 5.91 Å². The third-order valence-corrected chi connectivity index (χ3v) is 3.61. The Bertz CT molecular complexity index is 635. The fourth-order valence-corrected chi connectivity index (χ4v) is 2.22. The average Bonchev–Trinajstić information content (AvgIpc) is 3.01. The maximum absolute atomic E-state index is 13.0. The third-order valence-electron chi connectivity index (χ3n) is 3.61. The van der Waals surface area contributed by atoms with Crippen molar-refractivity contribution in [1.29, 1.82) is 0 Å². The van der Waals surface area contributed by atoms with Crippen molar-refractivity contribution in [3.8, 4) is 0 Å². The molecule has 0 radical (unpaired) electrons. The Morgan fingerprint density at radius 3 is 2.35 bits per heavy atom. The van der Waals surface area contributed by atoms with Crippen molar-refractivity contribution in [1.82, 2.24) is 9.80 Å². The number of amides is 1. The highest BCUT2D eigenvalue weighted by molar-refractivity contribution is 5.91. The Morgan fingerprint density at radius 1 is 1.09 bits per heavy atom. The molecule has 23 heavy (non-hydrogen) atoms. The van der Waals surface area contributed by atoms with Crippen LogP contribution in [0.5, 0.6) is 0 Å². The van der Waals surface area contributed by atoms with Crippen molar-refractivity contribution in [3.63, 3.8) is 0 Å². The molecule has 4 nitrogen and oxygen atoms in total. The summed E-state index contributed by atoms with van der Waals surface area (Å²) in [6.07, 6.45) is 0.753. The van der Waals surface area contributed by atoms with E-state index in [1.165, 1.54) is 12.1 Å². The van der Waals surface area contributed by atoms with E-state index < -0.39 is 0 Å². The second-order valence-electron chi connectivity index (χ2n) is 5.78. The van der Waals surface area contributed by atoms with E-state index in [1.807, 2.05) is 32.0 Å². The van der Waals surface area contributed by atoms with Crippen molar-refractivity contribution < 1.29 is 13.6 Å². The van der Waals surface area contributed by atoms with Crippen molar-refractivity contribution in [2.24, 2.45) is 0 Å². The number of furan rings is 1. The smallest absolute Gasteiger partial charge is 0.289 e. The van der Waals surface area contributed by atoms with Crippen LogP contribution < -0.4 is 0 Å². The summed E-state index contributed by atoms with van der Waals surface area (Å²) in [5.74, 6) is 0.722. The van der Waals surface area contributed by atoms with Gasteiger partial charge in [-0.1, -0.05) is 19.1 Å². The Hall–Kier alpha value is -2.14. The van der Waals surface area contributed by atoms with Gasteiger partial charge in [-0.25, -0.2) is 4.39 Å². The summed E-state index contributed by atoms with van der Waals surface area (Å²) in [6.45, 7) is 3.73. The number of halogens is 1. The van der Waals surface area contributed by atoms with E-state index in [0.29, 0.717) is 18.8 Å². The molecule has 0 N–H and O–H groups in total. The molecule has 0 saturated carbocycles.